The van der Waals surface area contributed by atoms with E-state index in [0.29, 0.717) is 12.2 Å². The number of hydrogen-bond acceptors (Lipinski definition) is 5. The number of aryl methyl sites for hydroxylation is 1. The van der Waals surface area contributed by atoms with Crippen molar-refractivity contribution in [3.8, 4) is 5.75 Å². The summed E-state index contributed by atoms with van der Waals surface area (Å²) in [4.78, 5) is 26.9. The second-order valence-electron chi connectivity index (χ2n) is 7.56. The maximum atomic E-state index is 13.1. The van der Waals surface area contributed by atoms with E-state index in [0.717, 1.165) is 21.9 Å². The van der Waals surface area contributed by atoms with Crippen LogP contribution >= 0.6 is 0 Å². The number of ether oxygens (including phenoxy) is 1. The molecule has 2 aromatic carbocycles. The number of carbonyl (C=O) groups is 2. The van der Waals surface area contributed by atoms with Gasteiger partial charge in [0, 0.05) is 14.1 Å². The van der Waals surface area contributed by atoms with Crippen LogP contribution in [0.25, 0.3) is 0 Å². The molecule has 0 unspecified atom stereocenters. The lowest BCUT2D eigenvalue weighted by molar-refractivity contribution is -0.131. The van der Waals surface area contributed by atoms with E-state index in [9.17, 15) is 18.0 Å². The summed E-state index contributed by atoms with van der Waals surface area (Å²) in [6.45, 7) is 0.211. The molecule has 0 bridgehead atoms. The van der Waals surface area contributed by atoms with Crippen molar-refractivity contribution in [1.82, 2.24) is 14.5 Å². The van der Waals surface area contributed by atoms with Crippen LogP contribution in [0, 0.1) is 0 Å². The second-order valence-corrected chi connectivity index (χ2v) is 9.71. The first-order valence-corrected chi connectivity index (χ1v) is 11.1. The normalized spacial score (nSPS) is 20.7. The van der Waals surface area contributed by atoms with Gasteiger partial charge in [-0.1, -0.05) is 24.3 Å². The molecule has 158 valence electrons. The molecule has 2 aliphatic rings. The fraction of sp³-hybridized carbons (Fsp3) is 0.333. The topological polar surface area (TPSA) is 96.0 Å². The Kier molecular flexibility index (Phi) is 5.03. The van der Waals surface area contributed by atoms with Crippen molar-refractivity contribution in [3.05, 3.63) is 59.7 Å². The smallest absolute Gasteiger partial charge is 0.325 e. The quantitative estimate of drug-likeness (QED) is 0.706. The number of imide groups is 1. The van der Waals surface area contributed by atoms with E-state index in [1.807, 2.05) is 24.3 Å². The Hall–Kier alpha value is -2.91. The predicted octanol–water partition coefficient (Wildman–Crippen LogP) is 1.71. The molecular formula is C21H23N3O5S. The van der Waals surface area contributed by atoms with Crippen molar-refractivity contribution in [1.29, 1.82) is 0 Å². The summed E-state index contributed by atoms with van der Waals surface area (Å²) in [5, 5.41) is 2.88. The van der Waals surface area contributed by atoms with Gasteiger partial charge in [0.05, 0.1) is 11.4 Å². The lowest BCUT2D eigenvalue weighted by Crippen LogP contribution is -2.42. The molecule has 1 saturated heterocycles. The third-order valence-electron chi connectivity index (χ3n) is 5.61. The molecule has 2 aromatic rings. The van der Waals surface area contributed by atoms with Crippen LogP contribution in [-0.4, -0.2) is 56.8 Å². The third kappa shape index (κ3) is 3.23. The van der Waals surface area contributed by atoms with Crippen molar-refractivity contribution in [2.45, 2.75) is 23.3 Å². The van der Waals surface area contributed by atoms with E-state index in [1.54, 1.807) is 12.1 Å². The van der Waals surface area contributed by atoms with Gasteiger partial charge in [-0.05, 0) is 48.2 Å². The minimum absolute atomic E-state index is 0.104. The molecule has 1 heterocycles. The number of fused-ring (bicyclic) bond motifs is 2. The molecule has 9 heteroatoms. The Labute approximate surface area is 175 Å². The minimum atomic E-state index is -3.51. The molecular weight excluding hydrogens is 406 g/mol. The molecule has 1 spiro atoms. The number of hydrogen-bond donors (Lipinski definition) is 1. The molecule has 8 nitrogen and oxygen atoms in total. The van der Waals surface area contributed by atoms with Gasteiger partial charge < -0.3 is 10.1 Å². The van der Waals surface area contributed by atoms with E-state index < -0.39 is 21.6 Å². The fourth-order valence-electron chi connectivity index (χ4n) is 3.97. The zero-order valence-corrected chi connectivity index (χ0v) is 17.6. The molecule has 1 aliphatic heterocycles. The largest absolute Gasteiger partial charge is 0.492 e. The Bertz CT molecular complexity index is 1100. The summed E-state index contributed by atoms with van der Waals surface area (Å²) in [5.74, 6) is 0.203. The highest BCUT2D eigenvalue weighted by Crippen LogP contribution is 2.41. The molecule has 0 saturated carbocycles. The molecule has 3 amide bonds. The van der Waals surface area contributed by atoms with E-state index in [-0.39, 0.29) is 24.0 Å². The highest BCUT2D eigenvalue weighted by molar-refractivity contribution is 7.89. The number of urea groups is 1. The maximum Gasteiger partial charge on any atom is 0.325 e. The average Bonchev–Trinajstić information content (AvgIpc) is 3.21. The van der Waals surface area contributed by atoms with Gasteiger partial charge in [-0.2, -0.15) is 0 Å². The van der Waals surface area contributed by atoms with Crippen LogP contribution < -0.4 is 10.1 Å². The van der Waals surface area contributed by atoms with E-state index in [2.05, 4.69) is 5.32 Å². The van der Waals surface area contributed by atoms with E-state index >= 15 is 0 Å². The van der Waals surface area contributed by atoms with Crippen LogP contribution in [0.3, 0.4) is 0 Å². The highest BCUT2D eigenvalue weighted by Gasteiger charge is 2.55. The zero-order chi connectivity index (χ0) is 21.5. The standard InChI is InChI=1S/C21H23N3O5S/c1-23(2)30(27,28)17-9-7-16(8-10-17)29-14-13-24-19(25)21(22-20(24)26)12-11-15-5-3-4-6-18(15)21/h3-10H,11-14H2,1-2H3,(H,22,26)/t21-/m0/s1. The fourth-order valence-corrected chi connectivity index (χ4v) is 4.87. The molecule has 1 atom stereocenters. The van der Waals surface area contributed by atoms with Gasteiger partial charge in [0.1, 0.15) is 17.9 Å². The first-order chi connectivity index (χ1) is 14.3. The third-order valence-corrected chi connectivity index (χ3v) is 7.44. The summed E-state index contributed by atoms with van der Waals surface area (Å²) in [5.41, 5.74) is 0.969. The first kappa shape index (κ1) is 20.4. The Morgan fingerprint density at radius 1 is 1.10 bits per heavy atom. The molecule has 4 rings (SSSR count). The lowest BCUT2D eigenvalue weighted by Gasteiger charge is -2.22. The number of rotatable bonds is 6. The van der Waals surface area contributed by atoms with Crippen molar-refractivity contribution >= 4 is 22.0 Å². The molecule has 1 fully saturated rings. The minimum Gasteiger partial charge on any atom is -0.492 e. The number of nitrogens with zero attached hydrogens (tertiary/aromatic N) is 2. The van der Waals surface area contributed by atoms with Crippen LogP contribution in [0.2, 0.25) is 0 Å². The highest BCUT2D eigenvalue weighted by atomic mass is 32.2. The summed E-state index contributed by atoms with van der Waals surface area (Å²) in [6.07, 6.45) is 1.30. The van der Waals surface area contributed by atoms with E-state index in [4.69, 9.17) is 4.74 Å². The lowest BCUT2D eigenvalue weighted by atomic mass is 9.92. The average molecular weight is 429 g/mol. The first-order valence-electron chi connectivity index (χ1n) is 9.63. The summed E-state index contributed by atoms with van der Waals surface area (Å²) in [7, 11) is -0.576. The van der Waals surface area contributed by atoms with Crippen LogP contribution in [-0.2, 0) is 26.8 Å². The molecule has 30 heavy (non-hydrogen) atoms. The van der Waals surface area contributed by atoms with Gasteiger partial charge in [-0.25, -0.2) is 17.5 Å². The Morgan fingerprint density at radius 3 is 2.50 bits per heavy atom. The van der Waals surface area contributed by atoms with Crippen molar-refractivity contribution < 1.29 is 22.7 Å². The summed E-state index contributed by atoms with van der Waals surface area (Å²) in [6, 6.07) is 13.3. The van der Waals surface area contributed by atoms with Crippen molar-refractivity contribution in [2.24, 2.45) is 0 Å². The summed E-state index contributed by atoms with van der Waals surface area (Å²) < 4.78 is 31.0. The predicted molar refractivity (Wildman–Crippen MR) is 109 cm³/mol. The molecule has 1 N–H and O–H groups in total. The van der Waals surface area contributed by atoms with Crippen LogP contribution in [0.5, 0.6) is 5.75 Å². The maximum absolute atomic E-state index is 13.1. The van der Waals surface area contributed by atoms with Crippen molar-refractivity contribution in [2.75, 3.05) is 27.2 Å². The van der Waals surface area contributed by atoms with Gasteiger partial charge in [0.2, 0.25) is 10.0 Å². The molecule has 1 aliphatic carbocycles. The van der Waals surface area contributed by atoms with Gasteiger partial charge >= 0.3 is 6.03 Å². The Morgan fingerprint density at radius 2 is 1.80 bits per heavy atom. The number of benzene rings is 2. The number of nitrogens with one attached hydrogen (secondary N) is 1. The number of carbonyl (C=O) groups excluding carboxylic acids is 2. The van der Waals surface area contributed by atoms with Crippen LogP contribution in [0.1, 0.15) is 17.5 Å². The molecule has 0 radical (unpaired) electrons. The van der Waals surface area contributed by atoms with Crippen LogP contribution in [0.4, 0.5) is 4.79 Å². The zero-order valence-electron chi connectivity index (χ0n) is 16.8. The van der Waals surface area contributed by atoms with E-state index in [1.165, 1.54) is 31.1 Å². The van der Waals surface area contributed by atoms with Gasteiger partial charge in [0.25, 0.3) is 5.91 Å². The van der Waals surface area contributed by atoms with Crippen LogP contribution in [0.15, 0.2) is 53.4 Å². The Balaban J connectivity index is 1.41. The summed E-state index contributed by atoms with van der Waals surface area (Å²) >= 11 is 0. The van der Waals surface area contributed by atoms with Gasteiger partial charge in [0.15, 0.2) is 0 Å². The number of sulfonamides is 1. The molecule has 0 aromatic heterocycles. The monoisotopic (exact) mass is 429 g/mol. The van der Waals surface area contributed by atoms with Gasteiger partial charge in [-0.3, -0.25) is 9.69 Å². The van der Waals surface area contributed by atoms with Crippen molar-refractivity contribution in [3.63, 3.8) is 0 Å². The SMILES string of the molecule is CN(C)S(=O)(=O)c1ccc(OCCN2C(=O)N[C@]3(CCc4ccccc43)C2=O)cc1. The second kappa shape index (κ2) is 7.41. The van der Waals surface area contributed by atoms with Gasteiger partial charge in [-0.15, -0.1) is 0 Å². The number of amides is 3.